The molecule has 3 aromatic heterocycles. The summed E-state index contributed by atoms with van der Waals surface area (Å²) in [5.74, 6) is 1.94. The van der Waals surface area contributed by atoms with Crippen molar-refractivity contribution in [2.24, 2.45) is 0 Å². The Kier molecular flexibility index (Phi) is 6.00. The van der Waals surface area contributed by atoms with Gasteiger partial charge in [0.25, 0.3) is 0 Å². The average molecular weight is 607 g/mol. The molecule has 0 saturated carbocycles. The molecule has 0 radical (unpaired) electrons. The second-order valence-corrected chi connectivity index (χ2v) is 12.8. The Morgan fingerprint density at radius 3 is 1.70 bits per heavy atom. The van der Waals surface area contributed by atoms with Crippen LogP contribution >= 0.6 is 0 Å². The monoisotopic (exact) mass is 606 g/mol. The van der Waals surface area contributed by atoms with E-state index in [9.17, 15) is 0 Å². The minimum absolute atomic E-state index is 0.242. The van der Waals surface area contributed by atoms with Crippen LogP contribution in [0.2, 0.25) is 0 Å². The van der Waals surface area contributed by atoms with Crippen molar-refractivity contribution in [3.05, 3.63) is 144 Å². The van der Waals surface area contributed by atoms with Crippen LogP contribution in [0, 0.1) is 6.92 Å². The van der Waals surface area contributed by atoms with Gasteiger partial charge in [-0.3, -0.25) is 4.98 Å². The van der Waals surface area contributed by atoms with Crippen LogP contribution in [0.25, 0.3) is 78.4 Å². The zero-order chi connectivity index (χ0) is 31.7. The molecule has 5 aromatic carbocycles. The SMILES string of the molecule is Cc1ccc2oc3cc4c(cc3c2c1)-c1cncc(-c2ccc(-c3nc(-c5ccccc5)nc(-c5ccccc5)n3)cc2)c1C4(C)C. The zero-order valence-corrected chi connectivity index (χ0v) is 26.3. The molecule has 0 atom stereocenters. The maximum absolute atomic E-state index is 6.34. The number of fused-ring (bicyclic) bond motifs is 6. The van der Waals surface area contributed by atoms with Gasteiger partial charge in [0.1, 0.15) is 11.2 Å². The summed E-state index contributed by atoms with van der Waals surface area (Å²) in [6, 6.07) is 39.6. The smallest absolute Gasteiger partial charge is 0.164 e. The standard InChI is InChI=1S/C42H30N4O/c1-25-14-19-36-31(20-25)32-21-30-34-24-43-23-33(38(34)42(2,3)35(30)22-37(32)47-36)26-15-17-29(18-16-26)41-45-39(27-10-6-4-7-11-27)44-40(46-41)28-12-8-5-9-13-28/h4-24H,1-3H3. The normalized spacial score (nSPS) is 13.2. The lowest BCUT2D eigenvalue weighted by Crippen LogP contribution is -2.16. The molecule has 0 unspecified atom stereocenters. The van der Waals surface area contributed by atoms with E-state index < -0.39 is 0 Å². The first-order chi connectivity index (χ1) is 22.9. The van der Waals surface area contributed by atoms with Gasteiger partial charge >= 0.3 is 0 Å². The lowest BCUT2D eigenvalue weighted by molar-refractivity contribution is 0.648. The quantitative estimate of drug-likeness (QED) is 0.199. The lowest BCUT2D eigenvalue weighted by Gasteiger charge is -2.24. The van der Waals surface area contributed by atoms with E-state index in [0.717, 1.165) is 49.8 Å². The van der Waals surface area contributed by atoms with Gasteiger partial charge in [0, 0.05) is 56.4 Å². The van der Waals surface area contributed by atoms with Gasteiger partial charge < -0.3 is 4.42 Å². The lowest BCUT2D eigenvalue weighted by atomic mass is 9.79. The third kappa shape index (κ3) is 4.38. The topological polar surface area (TPSA) is 64.7 Å². The fourth-order valence-corrected chi connectivity index (χ4v) is 7.10. The molecule has 8 aromatic rings. The Morgan fingerprint density at radius 2 is 1.06 bits per heavy atom. The van der Waals surface area contributed by atoms with E-state index in [1.807, 2.05) is 73.1 Å². The molecule has 5 heteroatoms. The number of hydrogen-bond donors (Lipinski definition) is 0. The number of furan rings is 1. The summed E-state index contributed by atoms with van der Waals surface area (Å²) in [6.07, 6.45) is 4.01. The Hall–Kier alpha value is -5.94. The van der Waals surface area contributed by atoms with Crippen molar-refractivity contribution in [1.82, 2.24) is 19.9 Å². The van der Waals surface area contributed by atoms with Gasteiger partial charge in [0.05, 0.1) is 0 Å². The Balaban J connectivity index is 1.14. The number of aromatic nitrogens is 4. The first-order valence-electron chi connectivity index (χ1n) is 15.9. The first-order valence-corrected chi connectivity index (χ1v) is 15.9. The molecule has 0 bridgehead atoms. The number of hydrogen-bond acceptors (Lipinski definition) is 5. The van der Waals surface area contributed by atoms with Crippen molar-refractivity contribution < 1.29 is 4.42 Å². The van der Waals surface area contributed by atoms with Crippen molar-refractivity contribution in [3.63, 3.8) is 0 Å². The third-order valence-corrected chi connectivity index (χ3v) is 9.45. The van der Waals surface area contributed by atoms with Gasteiger partial charge in [0.2, 0.25) is 0 Å². The second kappa shape index (κ2) is 10.3. The highest BCUT2D eigenvalue weighted by Gasteiger charge is 2.38. The van der Waals surface area contributed by atoms with Crippen LogP contribution in [0.1, 0.15) is 30.5 Å². The maximum Gasteiger partial charge on any atom is 0.164 e. The summed E-state index contributed by atoms with van der Waals surface area (Å²) >= 11 is 0. The van der Waals surface area contributed by atoms with Crippen LogP contribution in [0.4, 0.5) is 0 Å². The van der Waals surface area contributed by atoms with Crippen LogP contribution in [0.15, 0.2) is 132 Å². The summed E-state index contributed by atoms with van der Waals surface area (Å²) < 4.78 is 6.34. The summed E-state index contributed by atoms with van der Waals surface area (Å²) in [4.78, 5) is 19.4. The summed E-state index contributed by atoms with van der Waals surface area (Å²) in [6.45, 7) is 6.72. The third-order valence-electron chi connectivity index (χ3n) is 9.45. The molecule has 5 nitrogen and oxygen atoms in total. The van der Waals surface area contributed by atoms with Crippen LogP contribution in [-0.4, -0.2) is 19.9 Å². The highest BCUT2D eigenvalue weighted by molar-refractivity contribution is 6.08. The number of rotatable bonds is 4. The fraction of sp³-hybridized carbons (Fsp3) is 0.0952. The predicted molar refractivity (Wildman–Crippen MR) is 189 cm³/mol. The molecule has 9 rings (SSSR count). The minimum Gasteiger partial charge on any atom is -0.456 e. The van der Waals surface area contributed by atoms with E-state index in [-0.39, 0.29) is 5.41 Å². The first kappa shape index (κ1) is 27.4. The molecule has 47 heavy (non-hydrogen) atoms. The minimum atomic E-state index is -0.242. The number of aryl methyl sites for hydroxylation is 1. The molecule has 1 aliphatic rings. The molecule has 3 heterocycles. The zero-order valence-electron chi connectivity index (χ0n) is 26.3. The van der Waals surface area contributed by atoms with E-state index in [2.05, 4.69) is 75.4 Å². The summed E-state index contributed by atoms with van der Waals surface area (Å²) in [5, 5.41) is 2.29. The summed E-state index contributed by atoms with van der Waals surface area (Å²) in [7, 11) is 0. The number of nitrogens with zero attached hydrogens (tertiary/aromatic N) is 4. The maximum atomic E-state index is 6.34. The largest absolute Gasteiger partial charge is 0.456 e. The summed E-state index contributed by atoms with van der Waals surface area (Å²) in [5.41, 5.74) is 12.8. The van der Waals surface area contributed by atoms with Crippen molar-refractivity contribution in [2.45, 2.75) is 26.2 Å². The van der Waals surface area contributed by atoms with Gasteiger partial charge in [-0.1, -0.05) is 110 Å². The van der Waals surface area contributed by atoms with Crippen molar-refractivity contribution in [3.8, 4) is 56.4 Å². The van der Waals surface area contributed by atoms with Crippen LogP contribution < -0.4 is 0 Å². The van der Waals surface area contributed by atoms with E-state index >= 15 is 0 Å². The fourth-order valence-electron chi connectivity index (χ4n) is 7.10. The molecular weight excluding hydrogens is 576 g/mol. The molecule has 0 aliphatic heterocycles. The number of benzene rings is 5. The Bertz CT molecular complexity index is 2420. The molecule has 0 spiro atoms. The molecule has 0 fully saturated rings. The number of pyridine rings is 1. The predicted octanol–water partition coefficient (Wildman–Crippen LogP) is 10.4. The molecular formula is C42H30N4O. The van der Waals surface area contributed by atoms with Crippen molar-refractivity contribution in [1.29, 1.82) is 0 Å². The second-order valence-electron chi connectivity index (χ2n) is 12.8. The van der Waals surface area contributed by atoms with Gasteiger partial charge in [-0.05, 0) is 53.4 Å². The van der Waals surface area contributed by atoms with E-state index in [1.165, 1.54) is 27.8 Å². The van der Waals surface area contributed by atoms with Gasteiger partial charge in [-0.25, -0.2) is 15.0 Å². The molecule has 1 aliphatic carbocycles. The van der Waals surface area contributed by atoms with Crippen LogP contribution in [-0.2, 0) is 5.41 Å². The van der Waals surface area contributed by atoms with E-state index in [0.29, 0.717) is 17.5 Å². The van der Waals surface area contributed by atoms with Crippen molar-refractivity contribution >= 4 is 21.9 Å². The van der Waals surface area contributed by atoms with Gasteiger partial charge in [-0.2, -0.15) is 0 Å². The average Bonchev–Trinajstić information content (AvgIpc) is 3.58. The van der Waals surface area contributed by atoms with Crippen LogP contribution in [0.3, 0.4) is 0 Å². The molecule has 0 N–H and O–H groups in total. The van der Waals surface area contributed by atoms with E-state index in [4.69, 9.17) is 24.4 Å². The molecule has 0 saturated heterocycles. The molecule has 0 amide bonds. The highest BCUT2D eigenvalue weighted by Crippen LogP contribution is 2.53. The Morgan fingerprint density at radius 1 is 0.511 bits per heavy atom. The van der Waals surface area contributed by atoms with Crippen LogP contribution in [0.5, 0.6) is 0 Å². The highest BCUT2D eigenvalue weighted by atomic mass is 16.3. The van der Waals surface area contributed by atoms with E-state index in [1.54, 1.807) is 0 Å². The Labute approximate surface area is 272 Å². The van der Waals surface area contributed by atoms with Gasteiger partial charge in [0.15, 0.2) is 17.5 Å². The van der Waals surface area contributed by atoms with Crippen molar-refractivity contribution in [2.75, 3.05) is 0 Å². The van der Waals surface area contributed by atoms with Gasteiger partial charge in [-0.15, -0.1) is 0 Å². The molecule has 224 valence electrons.